The highest BCUT2D eigenvalue weighted by atomic mass is 79.9. The van der Waals surface area contributed by atoms with E-state index in [1.807, 2.05) is 6.07 Å². The first-order valence-corrected chi connectivity index (χ1v) is 6.22. The molecule has 0 aliphatic carbocycles. The second kappa shape index (κ2) is 5.71. The summed E-state index contributed by atoms with van der Waals surface area (Å²) in [6.07, 6.45) is 0. The van der Waals surface area contributed by atoms with Crippen LogP contribution in [0.2, 0.25) is 0 Å². The molecule has 0 unspecified atom stereocenters. The van der Waals surface area contributed by atoms with Gasteiger partial charge in [-0.05, 0) is 40.2 Å². The number of carboxylic acids is 1. The molecule has 1 heterocycles. The van der Waals surface area contributed by atoms with Crippen LogP contribution in [0.15, 0.2) is 45.3 Å². The number of nitrogens with one attached hydrogen (secondary N) is 1. The molecule has 1 amide bonds. The Bertz CT molecular complexity index is 621. The minimum Gasteiger partial charge on any atom is -0.475 e. The van der Waals surface area contributed by atoms with Crippen molar-refractivity contribution in [1.82, 2.24) is 5.32 Å². The Morgan fingerprint density at radius 3 is 2.58 bits per heavy atom. The van der Waals surface area contributed by atoms with Gasteiger partial charge in [-0.15, -0.1) is 0 Å². The highest BCUT2D eigenvalue weighted by molar-refractivity contribution is 9.10. The fourth-order valence-electron chi connectivity index (χ4n) is 1.50. The monoisotopic (exact) mass is 323 g/mol. The van der Waals surface area contributed by atoms with Gasteiger partial charge in [-0.25, -0.2) is 4.79 Å². The Hall–Kier alpha value is -2.08. The number of benzene rings is 1. The average molecular weight is 324 g/mol. The van der Waals surface area contributed by atoms with Gasteiger partial charge in [0.1, 0.15) is 5.76 Å². The summed E-state index contributed by atoms with van der Waals surface area (Å²) in [6, 6.07) is 9.89. The number of amides is 1. The van der Waals surface area contributed by atoms with Gasteiger partial charge in [-0.3, -0.25) is 4.79 Å². The molecule has 5 nitrogen and oxygen atoms in total. The van der Waals surface area contributed by atoms with Crippen molar-refractivity contribution in [3.63, 3.8) is 0 Å². The summed E-state index contributed by atoms with van der Waals surface area (Å²) in [5.74, 6) is -1.16. The molecule has 19 heavy (non-hydrogen) atoms. The molecule has 0 saturated carbocycles. The van der Waals surface area contributed by atoms with Gasteiger partial charge in [0.2, 0.25) is 5.76 Å². The third kappa shape index (κ3) is 3.23. The standard InChI is InChI=1S/C13H10BrNO4/c14-10-4-2-1-3-9(10)12(16)15-7-8-5-6-11(19-8)13(17)18/h1-6H,7H2,(H,15,16)(H,17,18). The van der Waals surface area contributed by atoms with Gasteiger partial charge in [0.15, 0.2) is 0 Å². The molecule has 2 N–H and O–H groups in total. The zero-order valence-corrected chi connectivity index (χ0v) is 11.3. The Kier molecular flexibility index (Phi) is 4.01. The minimum absolute atomic E-state index is 0.132. The zero-order chi connectivity index (χ0) is 13.8. The molecule has 0 atom stereocenters. The van der Waals surface area contributed by atoms with Crippen LogP contribution in [0.3, 0.4) is 0 Å². The predicted molar refractivity (Wildman–Crippen MR) is 71.0 cm³/mol. The third-order valence-corrected chi connectivity index (χ3v) is 3.11. The summed E-state index contributed by atoms with van der Waals surface area (Å²) in [5, 5.41) is 11.4. The van der Waals surface area contributed by atoms with Crippen molar-refractivity contribution < 1.29 is 19.1 Å². The first kappa shape index (κ1) is 13.4. The van der Waals surface area contributed by atoms with Crippen molar-refractivity contribution >= 4 is 27.8 Å². The number of hydrogen-bond acceptors (Lipinski definition) is 3. The van der Waals surface area contributed by atoms with Gasteiger partial charge in [0, 0.05) is 4.47 Å². The lowest BCUT2D eigenvalue weighted by Crippen LogP contribution is -2.22. The molecule has 0 aliphatic rings. The number of furan rings is 1. The van der Waals surface area contributed by atoms with Crippen LogP contribution in [0.1, 0.15) is 26.7 Å². The summed E-state index contributed by atoms with van der Waals surface area (Å²) >= 11 is 3.28. The lowest BCUT2D eigenvalue weighted by molar-refractivity contribution is 0.0660. The average Bonchev–Trinajstić information content (AvgIpc) is 2.85. The second-order valence-electron chi connectivity index (χ2n) is 3.73. The van der Waals surface area contributed by atoms with E-state index in [-0.39, 0.29) is 18.2 Å². The van der Waals surface area contributed by atoms with Gasteiger partial charge < -0.3 is 14.8 Å². The van der Waals surface area contributed by atoms with E-state index in [2.05, 4.69) is 21.2 Å². The molecular weight excluding hydrogens is 314 g/mol. The van der Waals surface area contributed by atoms with Crippen LogP contribution >= 0.6 is 15.9 Å². The summed E-state index contributed by atoms with van der Waals surface area (Å²) in [4.78, 5) is 22.5. The molecule has 1 aromatic carbocycles. The zero-order valence-electron chi connectivity index (χ0n) is 9.72. The fraction of sp³-hybridized carbons (Fsp3) is 0.0769. The van der Waals surface area contributed by atoms with Crippen LogP contribution in [0, 0.1) is 0 Å². The van der Waals surface area contributed by atoms with Gasteiger partial charge in [-0.2, -0.15) is 0 Å². The van der Waals surface area contributed by atoms with Gasteiger partial charge in [-0.1, -0.05) is 12.1 Å². The number of carboxylic acid groups (broad SMARTS) is 1. The Labute approximate surface area is 117 Å². The lowest BCUT2D eigenvalue weighted by Gasteiger charge is -2.04. The summed E-state index contributed by atoms with van der Waals surface area (Å²) in [6.45, 7) is 0.132. The van der Waals surface area contributed by atoms with E-state index >= 15 is 0 Å². The smallest absolute Gasteiger partial charge is 0.371 e. The highest BCUT2D eigenvalue weighted by Gasteiger charge is 2.12. The van der Waals surface area contributed by atoms with E-state index < -0.39 is 5.97 Å². The first-order chi connectivity index (χ1) is 9.08. The Balaban J connectivity index is 2.00. The molecule has 0 aliphatic heterocycles. The number of aromatic carboxylic acids is 1. The van der Waals surface area contributed by atoms with Crippen molar-refractivity contribution in [3.05, 3.63) is 58.0 Å². The molecule has 0 radical (unpaired) electrons. The molecule has 0 saturated heterocycles. The van der Waals surface area contributed by atoms with E-state index in [0.717, 1.165) is 0 Å². The summed E-state index contributed by atoms with van der Waals surface area (Å²) in [7, 11) is 0. The normalized spacial score (nSPS) is 10.2. The predicted octanol–water partition coefficient (Wildman–Crippen LogP) is 2.67. The van der Waals surface area contributed by atoms with Crippen LogP contribution in [-0.4, -0.2) is 17.0 Å². The molecule has 98 valence electrons. The number of hydrogen-bond donors (Lipinski definition) is 2. The molecule has 6 heteroatoms. The first-order valence-electron chi connectivity index (χ1n) is 5.42. The van der Waals surface area contributed by atoms with Crippen molar-refractivity contribution in [2.45, 2.75) is 6.54 Å². The molecule has 1 aromatic heterocycles. The summed E-state index contributed by atoms with van der Waals surface area (Å²) < 4.78 is 5.73. The van der Waals surface area contributed by atoms with Gasteiger partial charge >= 0.3 is 5.97 Å². The Morgan fingerprint density at radius 2 is 1.95 bits per heavy atom. The number of carbonyl (C=O) groups is 2. The van der Waals surface area contributed by atoms with Crippen LogP contribution in [0.5, 0.6) is 0 Å². The van der Waals surface area contributed by atoms with Gasteiger partial charge in [0.25, 0.3) is 5.91 Å². The molecule has 0 bridgehead atoms. The topological polar surface area (TPSA) is 79.5 Å². The second-order valence-corrected chi connectivity index (χ2v) is 4.59. The van der Waals surface area contributed by atoms with Crippen molar-refractivity contribution in [2.24, 2.45) is 0 Å². The maximum absolute atomic E-state index is 11.9. The molecule has 2 rings (SSSR count). The third-order valence-electron chi connectivity index (χ3n) is 2.41. The molecule has 0 spiro atoms. The number of halogens is 1. The van der Waals surface area contributed by atoms with Crippen molar-refractivity contribution in [2.75, 3.05) is 0 Å². The van der Waals surface area contributed by atoms with E-state index in [1.165, 1.54) is 12.1 Å². The van der Waals surface area contributed by atoms with Crippen molar-refractivity contribution in [1.29, 1.82) is 0 Å². The van der Waals surface area contributed by atoms with E-state index in [0.29, 0.717) is 15.8 Å². The maximum atomic E-state index is 11.9. The summed E-state index contributed by atoms with van der Waals surface area (Å²) in [5.41, 5.74) is 0.507. The number of carbonyl (C=O) groups excluding carboxylic acids is 1. The van der Waals surface area contributed by atoms with Crippen LogP contribution < -0.4 is 5.32 Å². The minimum atomic E-state index is -1.14. The van der Waals surface area contributed by atoms with Gasteiger partial charge in [0.05, 0.1) is 12.1 Å². The fourth-order valence-corrected chi connectivity index (χ4v) is 1.96. The van der Waals surface area contributed by atoms with E-state index in [1.54, 1.807) is 18.2 Å². The van der Waals surface area contributed by atoms with Crippen molar-refractivity contribution in [3.8, 4) is 0 Å². The molecule has 2 aromatic rings. The van der Waals surface area contributed by atoms with Crippen LogP contribution in [0.4, 0.5) is 0 Å². The quantitative estimate of drug-likeness (QED) is 0.906. The van der Waals surface area contributed by atoms with Crippen LogP contribution in [0.25, 0.3) is 0 Å². The highest BCUT2D eigenvalue weighted by Crippen LogP contribution is 2.16. The SMILES string of the molecule is O=C(O)c1ccc(CNC(=O)c2ccccc2Br)o1. The largest absolute Gasteiger partial charge is 0.475 e. The van der Waals surface area contributed by atoms with E-state index in [4.69, 9.17) is 9.52 Å². The molecular formula is C13H10BrNO4. The van der Waals surface area contributed by atoms with E-state index in [9.17, 15) is 9.59 Å². The maximum Gasteiger partial charge on any atom is 0.371 e. The number of rotatable bonds is 4. The van der Waals surface area contributed by atoms with Crippen LogP contribution in [-0.2, 0) is 6.54 Å². The lowest BCUT2D eigenvalue weighted by atomic mass is 10.2. The molecule has 0 fully saturated rings. The Morgan fingerprint density at radius 1 is 1.21 bits per heavy atom.